The van der Waals surface area contributed by atoms with Crippen molar-refractivity contribution < 1.29 is 14.4 Å². The largest absolute Gasteiger partial charge is 0.478 e. The molecule has 0 amide bonds. The minimum absolute atomic E-state index is 0.199. The van der Waals surface area contributed by atoms with E-state index in [1.54, 1.807) is 24.3 Å². The van der Waals surface area contributed by atoms with Gasteiger partial charge in [-0.3, -0.25) is 0 Å². The molecule has 3 heterocycles. The summed E-state index contributed by atoms with van der Waals surface area (Å²) in [6.45, 7) is 8.51. The molecule has 5 rings (SSSR count). The number of nitrogens with zero attached hydrogens (tertiary/aromatic N) is 6. The number of anilines is 3. The number of fused-ring (bicyclic) bond motifs is 1. The van der Waals surface area contributed by atoms with Crippen LogP contribution in [0.5, 0.6) is 0 Å². The molecule has 188 valence electrons. The molecule has 1 fully saturated rings. The summed E-state index contributed by atoms with van der Waals surface area (Å²) in [4.78, 5) is 25.5. The van der Waals surface area contributed by atoms with Crippen molar-refractivity contribution >= 4 is 34.4 Å². The maximum atomic E-state index is 11.7. The second-order valence-corrected chi connectivity index (χ2v) is 9.23. The Morgan fingerprint density at radius 2 is 1.84 bits per heavy atom. The minimum Gasteiger partial charge on any atom is -0.478 e. The number of piperazine rings is 1. The number of carbonyl (C=O) groups is 1. The summed E-state index contributed by atoms with van der Waals surface area (Å²) in [5.41, 5.74) is 5.01. The van der Waals surface area contributed by atoms with E-state index in [1.807, 2.05) is 39.0 Å². The highest BCUT2D eigenvalue weighted by atomic mass is 16.5. The molecule has 0 aliphatic carbocycles. The van der Waals surface area contributed by atoms with Crippen LogP contribution in [0.3, 0.4) is 0 Å². The third-order valence-electron chi connectivity index (χ3n) is 6.53. The first kappa shape index (κ1) is 24.1. The van der Waals surface area contributed by atoms with Crippen molar-refractivity contribution in [2.45, 2.75) is 26.8 Å². The number of nitriles is 1. The molecule has 0 radical (unpaired) electrons. The van der Waals surface area contributed by atoms with Gasteiger partial charge in [-0.25, -0.2) is 14.8 Å². The summed E-state index contributed by atoms with van der Waals surface area (Å²) in [5, 5.41) is 26.8. The van der Waals surface area contributed by atoms with Crippen LogP contribution in [0.4, 0.5) is 17.4 Å². The third kappa shape index (κ3) is 4.76. The van der Waals surface area contributed by atoms with Gasteiger partial charge >= 0.3 is 5.97 Å². The third-order valence-corrected chi connectivity index (χ3v) is 6.53. The molecule has 0 bridgehead atoms. The molecule has 4 aromatic rings. The van der Waals surface area contributed by atoms with Crippen LogP contribution < -0.4 is 15.1 Å². The molecule has 2 N–H and O–H groups in total. The van der Waals surface area contributed by atoms with E-state index in [4.69, 9.17) is 9.51 Å². The van der Waals surface area contributed by atoms with Crippen molar-refractivity contribution in [2.75, 3.05) is 41.3 Å². The molecule has 0 spiro atoms. The van der Waals surface area contributed by atoms with Crippen molar-refractivity contribution in [3.8, 4) is 6.07 Å². The Bertz CT molecular complexity index is 1520. The van der Waals surface area contributed by atoms with E-state index in [-0.39, 0.29) is 17.3 Å². The number of para-hydroxylation sites is 1. The Morgan fingerprint density at radius 3 is 2.51 bits per heavy atom. The highest BCUT2D eigenvalue weighted by Gasteiger charge is 2.25. The number of benzene rings is 2. The fraction of sp³-hybridized carbons (Fsp3) is 0.296. The second kappa shape index (κ2) is 9.78. The minimum atomic E-state index is -0.996. The van der Waals surface area contributed by atoms with Crippen LogP contribution in [-0.4, -0.2) is 52.4 Å². The Balaban J connectivity index is 1.48. The number of rotatable bonds is 6. The average molecular weight is 498 g/mol. The van der Waals surface area contributed by atoms with E-state index in [0.29, 0.717) is 48.7 Å². The summed E-state index contributed by atoms with van der Waals surface area (Å²) in [7, 11) is 0. The first-order chi connectivity index (χ1) is 17.8. The van der Waals surface area contributed by atoms with E-state index < -0.39 is 5.97 Å². The lowest BCUT2D eigenvalue weighted by Gasteiger charge is -2.35. The van der Waals surface area contributed by atoms with Crippen LogP contribution >= 0.6 is 0 Å². The van der Waals surface area contributed by atoms with Gasteiger partial charge in [-0.15, -0.1) is 0 Å². The van der Waals surface area contributed by atoms with Crippen LogP contribution in [0.1, 0.15) is 45.8 Å². The molecule has 10 heteroatoms. The molecule has 1 aliphatic rings. The van der Waals surface area contributed by atoms with Crippen LogP contribution in [0.15, 0.2) is 47.0 Å². The van der Waals surface area contributed by atoms with Gasteiger partial charge in [0, 0.05) is 43.5 Å². The topological polar surface area (TPSA) is 131 Å². The van der Waals surface area contributed by atoms with Crippen LogP contribution in [-0.2, 0) is 0 Å². The Kier molecular flexibility index (Phi) is 6.36. The lowest BCUT2D eigenvalue weighted by molar-refractivity contribution is 0.0698. The van der Waals surface area contributed by atoms with E-state index in [9.17, 15) is 15.2 Å². The van der Waals surface area contributed by atoms with Gasteiger partial charge in [0.25, 0.3) is 0 Å². The number of nitrogens with one attached hydrogen (secondary N) is 1. The zero-order valence-electron chi connectivity index (χ0n) is 20.9. The molecule has 2 aromatic heterocycles. The zero-order valence-corrected chi connectivity index (χ0v) is 20.9. The molecule has 1 aliphatic heterocycles. The quantitative estimate of drug-likeness (QED) is 0.397. The van der Waals surface area contributed by atoms with Gasteiger partial charge in [0.05, 0.1) is 28.3 Å². The summed E-state index contributed by atoms with van der Waals surface area (Å²) in [5.74, 6) is 0.290. The fourth-order valence-electron chi connectivity index (χ4n) is 4.69. The van der Waals surface area contributed by atoms with Gasteiger partial charge in [-0.05, 0) is 44.5 Å². The zero-order chi connectivity index (χ0) is 26.1. The second-order valence-electron chi connectivity index (χ2n) is 9.23. The van der Waals surface area contributed by atoms with Gasteiger partial charge in [-0.2, -0.15) is 5.26 Å². The Morgan fingerprint density at radius 1 is 1.11 bits per heavy atom. The van der Waals surface area contributed by atoms with Crippen molar-refractivity contribution in [3.05, 3.63) is 70.5 Å². The molecule has 1 atom stereocenters. The van der Waals surface area contributed by atoms with Gasteiger partial charge in [0.1, 0.15) is 6.07 Å². The number of hydrogen-bond acceptors (Lipinski definition) is 9. The lowest BCUT2D eigenvalue weighted by atomic mass is 10.0. The van der Waals surface area contributed by atoms with Gasteiger partial charge in [0.15, 0.2) is 11.5 Å². The molecule has 10 nitrogen and oxygen atoms in total. The molecule has 0 saturated carbocycles. The van der Waals surface area contributed by atoms with Gasteiger partial charge in [-0.1, -0.05) is 23.4 Å². The summed E-state index contributed by atoms with van der Waals surface area (Å²) in [6, 6.07) is 14.6. The predicted molar refractivity (Wildman–Crippen MR) is 140 cm³/mol. The molecule has 2 aromatic carbocycles. The van der Waals surface area contributed by atoms with Crippen molar-refractivity contribution in [2.24, 2.45) is 0 Å². The smallest absolute Gasteiger partial charge is 0.337 e. The highest BCUT2D eigenvalue weighted by molar-refractivity contribution is 5.94. The van der Waals surface area contributed by atoms with Crippen LogP contribution in [0.25, 0.3) is 11.0 Å². The summed E-state index contributed by atoms with van der Waals surface area (Å²) >= 11 is 0. The van der Waals surface area contributed by atoms with Crippen molar-refractivity contribution in [1.82, 2.24) is 15.1 Å². The SMILES string of the molecule is Cc1cc([C@@H](C)Nc2ccccc2C(=O)O)c2nc(N3CCN(c4cc(C)no4)CC3)c(C#N)nc2c1. The van der Waals surface area contributed by atoms with E-state index >= 15 is 0 Å². The maximum Gasteiger partial charge on any atom is 0.337 e. The monoisotopic (exact) mass is 497 g/mol. The number of carboxylic acids is 1. The normalized spacial score (nSPS) is 14.4. The van der Waals surface area contributed by atoms with E-state index in [0.717, 1.165) is 22.7 Å². The average Bonchev–Trinajstić information content (AvgIpc) is 3.33. The molecular weight excluding hydrogens is 470 g/mol. The predicted octanol–water partition coefficient (Wildman–Crippen LogP) is 4.30. The Labute approximate surface area is 214 Å². The summed E-state index contributed by atoms with van der Waals surface area (Å²) < 4.78 is 5.41. The van der Waals surface area contributed by atoms with Gasteiger partial charge in [0.2, 0.25) is 5.88 Å². The first-order valence-corrected chi connectivity index (χ1v) is 12.1. The summed E-state index contributed by atoms with van der Waals surface area (Å²) in [6.07, 6.45) is 0. The van der Waals surface area contributed by atoms with Crippen LogP contribution in [0, 0.1) is 25.2 Å². The van der Waals surface area contributed by atoms with E-state index in [2.05, 4.69) is 31.3 Å². The number of aromatic carboxylic acids is 1. The number of aromatic nitrogens is 3. The van der Waals surface area contributed by atoms with Crippen LogP contribution in [0.2, 0.25) is 0 Å². The Hall–Kier alpha value is -4.65. The standard InChI is InChI=1S/C27H27N7O3/c1-16-12-20(18(3)29-21-7-5-4-6-19(21)27(35)36)25-22(13-16)30-23(15-28)26(31-25)34-10-8-33(9-11-34)24-14-17(2)32-37-24/h4-7,12-14,18,29H,8-11H2,1-3H3,(H,35,36)/t18-/m1/s1. The van der Waals surface area contributed by atoms with E-state index in [1.165, 1.54) is 0 Å². The number of carboxylic acid groups (broad SMARTS) is 1. The molecule has 1 saturated heterocycles. The van der Waals surface area contributed by atoms with Gasteiger partial charge < -0.3 is 24.7 Å². The fourth-order valence-corrected chi connectivity index (χ4v) is 4.69. The van der Waals surface area contributed by atoms with Crippen molar-refractivity contribution in [1.29, 1.82) is 5.26 Å². The van der Waals surface area contributed by atoms with Crippen molar-refractivity contribution in [3.63, 3.8) is 0 Å². The number of aryl methyl sites for hydroxylation is 2. The highest BCUT2D eigenvalue weighted by Crippen LogP contribution is 2.31. The molecule has 37 heavy (non-hydrogen) atoms. The maximum absolute atomic E-state index is 11.7. The lowest BCUT2D eigenvalue weighted by Crippen LogP contribution is -2.47. The first-order valence-electron chi connectivity index (χ1n) is 12.1. The number of hydrogen-bond donors (Lipinski definition) is 2. The molecule has 0 unspecified atom stereocenters. The molecular formula is C27H27N7O3.